The van der Waals surface area contributed by atoms with Gasteiger partial charge in [-0.25, -0.2) is 4.98 Å². The van der Waals surface area contributed by atoms with Gasteiger partial charge < -0.3 is 4.57 Å². The molecule has 0 amide bonds. The summed E-state index contributed by atoms with van der Waals surface area (Å²) in [6.45, 7) is 5.38. The Morgan fingerprint density at radius 1 is 1.19 bits per heavy atom. The van der Waals surface area contributed by atoms with Crippen molar-refractivity contribution in [3.05, 3.63) is 42.4 Å². The Kier molecular flexibility index (Phi) is 3.40. The molecular formula is C14H18N2. The van der Waals surface area contributed by atoms with Crippen molar-refractivity contribution in [2.24, 2.45) is 0 Å². The van der Waals surface area contributed by atoms with Crippen LogP contribution in [0, 0.1) is 6.92 Å². The van der Waals surface area contributed by atoms with Gasteiger partial charge in [-0.1, -0.05) is 43.2 Å². The minimum absolute atomic E-state index is 1.06. The molecule has 0 aliphatic rings. The first-order valence-electron chi connectivity index (χ1n) is 5.88. The fraction of sp³-hybridized carbons (Fsp3) is 0.357. The smallest absolute Gasteiger partial charge is 0.0950 e. The standard InChI is InChI=1S/C14H18N2/c1-3-4-9-16-11-15-10-14(16)13-7-5-12(2)6-8-13/h5-8,10-11H,3-4,9H2,1-2H3. The zero-order valence-electron chi connectivity index (χ0n) is 9.98. The highest BCUT2D eigenvalue weighted by molar-refractivity contribution is 5.59. The van der Waals surface area contributed by atoms with Crippen LogP contribution in [0.15, 0.2) is 36.8 Å². The second-order valence-corrected chi connectivity index (χ2v) is 4.19. The van der Waals surface area contributed by atoms with E-state index in [9.17, 15) is 0 Å². The monoisotopic (exact) mass is 214 g/mol. The van der Waals surface area contributed by atoms with Gasteiger partial charge >= 0.3 is 0 Å². The molecule has 0 unspecified atom stereocenters. The van der Waals surface area contributed by atoms with Gasteiger partial charge in [0.1, 0.15) is 0 Å². The summed E-state index contributed by atoms with van der Waals surface area (Å²) >= 11 is 0. The molecule has 1 aromatic heterocycles. The molecule has 0 bridgehead atoms. The van der Waals surface area contributed by atoms with E-state index in [4.69, 9.17) is 0 Å². The fourth-order valence-electron chi connectivity index (χ4n) is 1.79. The van der Waals surface area contributed by atoms with Crippen LogP contribution in [0.5, 0.6) is 0 Å². The number of aryl methyl sites for hydroxylation is 2. The van der Waals surface area contributed by atoms with E-state index in [0.717, 1.165) is 6.54 Å². The molecular weight excluding hydrogens is 196 g/mol. The number of rotatable bonds is 4. The Morgan fingerprint density at radius 3 is 2.62 bits per heavy atom. The van der Waals surface area contributed by atoms with Crippen molar-refractivity contribution < 1.29 is 0 Å². The van der Waals surface area contributed by atoms with Gasteiger partial charge in [0.15, 0.2) is 0 Å². The van der Waals surface area contributed by atoms with E-state index >= 15 is 0 Å². The minimum Gasteiger partial charge on any atom is -0.331 e. The van der Waals surface area contributed by atoms with Gasteiger partial charge in [0.05, 0.1) is 18.2 Å². The molecule has 2 nitrogen and oxygen atoms in total. The maximum Gasteiger partial charge on any atom is 0.0950 e. The lowest BCUT2D eigenvalue weighted by Crippen LogP contribution is -1.98. The number of nitrogens with zero attached hydrogens (tertiary/aromatic N) is 2. The second kappa shape index (κ2) is 4.97. The molecule has 2 heteroatoms. The Balaban J connectivity index is 2.26. The van der Waals surface area contributed by atoms with Crippen molar-refractivity contribution in [1.82, 2.24) is 9.55 Å². The van der Waals surface area contributed by atoms with Gasteiger partial charge in [-0.05, 0) is 18.9 Å². The molecule has 0 aliphatic heterocycles. The predicted molar refractivity (Wildman–Crippen MR) is 67.3 cm³/mol. The number of benzene rings is 1. The number of hydrogen-bond acceptors (Lipinski definition) is 1. The first kappa shape index (κ1) is 10.9. The van der Waals surface area contributed by atoms with Gasteiger partial charge in [0.25, 0.3) is 0 Å². The van der Waals surface area contributed by atoms with Gasteiger partial charge in [-0.2, -0.15) is 0 Å². The Hall–Kier alpha value is -1.57. The van der Waals surface area contributed by atoms with Crippen molar-refractivity contribution in [3.63, 3.8) is 0 Å². The van der Waals surface area contributed by atoms with E-state index in [1.54, 1.807) is 0 Å². The third kappa shape index (κ3) is 2.32. The normalized spacial score (nSPS) is 10.6. The zero-order chi connectivity index (χ0) is 11.4. The predicted octanol–water partition coefficient (Wildman–Crippen LogP) is 3.66. The van der Waals surface area contributed by atoms with E-state index in [-0.39, 0.29) is 0 Å². The molecule has 1 heterocycles. The summed E-state index contributed by atoms with van der Waals surface area (Å²) in [4.78, 5) is 4.24. The summed E-state index contributed by atoms with van der Waals surface area (Å²) < 4.78 is 2.23. The maximum atomic E-state index is 4.24. The van der Waals surface area contributed by atoms with Crippen LogP contribution in [0.25, 0.3) is 11.3 Å². The number of unbranched alkanes of at least 4 members (excludes halogenated alkanes) is 1. The van der Waals surface area contributed by atoms with E-state index in [2.05, 4.69) is 47.7 Å². The molecule has 1 aromatic carbocycles. The van der Waals surface area contributed by atoms with E-state index in [1.165, 1.54) is 29.7 Å². The summed E-state index contributed by atoms with van der Waals surface area (Å²) in [5.74, 6) is 0. The highest BCUT2D eigenvalue weighted by Crippen LogP contribution is 2.19. The Labute approximate surface area is 97.0 Å². The Morgan fingerprint density at radius 2 is 1.94 bits per heavy atom. The molecule has 0 aliphatic carbocycles. The van der Waals surface area contributed by atoms with Crippen molar-refractivity contribution in [3.8, 4) is 11.3 Å². The van der Waals surface area contributed by atoms with Gasteiger partial charge in [-0.3, -0.25) is 0 Å². The molecule has 0 atom stereocenters. The first-order valence-corrected chi connectivity index (χ1v) is 5.88. The van der Waals surface area contributed by atoms with Crippen LogP contribution < -0.4 is 0 Å². The summed E-state index contributed by atoms with van der Waals surface area (Å²) in [5.41, 5.74) is 3.76. The number of hydrogen-bond donors (Lipinski definition) is 0. The van der Waals surface area contributed by atoms with Crippen LogP contribution in [0.1, 0.15) is 25.3 Å². The fourth-order valence-corrected chi connectivity index (χ4v) is 1.79. The quantitative estimate of drug-likeness (QED) is 0.759. The molecule has 0 saturated heterocycles. The first-order chi connectivity index (χ1) is 7.81. The average molecular weight is 214 g/mol. The highest BCUT2D eigenvalue weighted by Gasteiger charge is 2.03. The molecule has 16 heavy (non-hydrogen) atoms. The third-order valence-corrected chi connectivity index (χ3v) is 2.81. The van der Waals surface area contributed by atoms with Crippen LogP contribution in [0.3, 0.4) is 0 Å². The molecule has 0 radical (unpaired) electrons. The number of imidazole rings is 1. The maximum absolute atomic E-state index is 4.24. The summed E-state index contributed by atoms with van der Waals surface area (Å²) in [6.07, 6.45) is 6.28. The SMILES string of the molecule is CCCCn1cncc1-c1ccc(C)cc1. The lowest BCUT2D eigenvalue weighted by atomic mass is 10.1. The van der Waals surface area contributed by atoms with Crippen LogP contribution in [0.2, 0.25) is 0 Å². The van der Waals surface area contributed by atoms with Crippen LogP contribution in [-0.2, 0) is 6.54 Å². The highest BCUT2D eigenvalue weighted by atomic mass is 15.0. The molecule has 2 rings (SSSR count). The van der Waals surface area contributed by atoms with Crippen molar-refractivity contribution >= 4 is 0 Å². The van der Waals surface area contributed by atoms with Gasteiger partial charge in [0.2, 0.25) is 0 Å². The summed E-state index contributed by atoms with van der Waals surface area (Å²) in [7, 11) is 0. The second-order valence-electron chi connectivity index (χ2n) is 4.19. The average Bonchev–Trinajstić information content (AvgIpc) is 2.75. The lowest BCUT2D eigenvalue weighted by molar-refractivity contribution is 0.636. The van der Waals surface area contributed by atoms with E-state index < -0.39 is 0 Å². The van der Waals surface area contributed by atoms with E-state index in [1.807, 2.05) is 12.5 Å². The summed E-state index contributed by atoms with van der Waals surface area (Å²) in [6, 6.07) is 8.61. The molecule has 0 spiro atoms. The topological polar surface area (TPSA) is 17.8 Å². The van der Waals surface area contributed by atoms with Crippen LogP contribution >= 0.6 is 0 Å². The Bertz CT molecular complexity index is 440. The summed E-state index contributed by atoms with van der Waals surface area (Å²) in [5, 5.41) is 0. The van der Waals surface area contributed by atoms with Crippen LogP contribution in [0.4, 0.5) is 0 Å². The van der Waals surface area contributed by atoms with Crippen molar-refractivity contribution in [2.75, 3.05) is 0 Å². The van der Waals surface area contributed by atoms with Gasteiger partial charge in [-0.15, -0.1) is 0 Å². The van der Waals surface area contributed by atoms with Crippen molar-refractivity contribution in [2.45, 2.75) is 33.2 Å². The van der Waals surface area contributed by atoms with Gasteiger partial charge in [0, 0.05) is 6.54 Å². The number of aromatic nitrogens is 2. The molecule has 2 aromatic rings. The van der Waals surface area contributed by atoms with Crippen LogP contribution in [-0.4, -0.2) is 9.55 Å². The zero-order valence-corrected chi connectivity index (χ0v) is 9.98. The third-order valence-electron chi connectivity index (χ3n) is 2.81. The van der Waals surface area contributed by atoms with E-state index in [0.29, 0.717) is 0 Å². The molecule has 0 saturated carbocycles. The molecule has 0 N–H and O–H groups in total. The molecule has 84 valence electrons. The minimum atomic E-state index is 1.06. The lowest BCUT2D eigenvalue weighted by Gasteiger charge is -2.07. The van der Waals surface area contributed by atoms with Crippen molar-refractivity contribution in [1.29, 1.82) is 0 Å². The largest absolute Gasteiger partial charge is 0.331 e. The molecule has 0 fully saturated rings.